The van der Waals surface area contributed by atoms with E-state index in [-0.39, 0.29) is 22.9 Å². The second kappa shape index (κ2) is 7.72. The second-order valence-electron chi connectivity index (χ2n) is 6.48. The van der Waals surface area contributed by atoms with E-state index in [0.29, 0.717) is 16.7 Å². The zero-order valence-corrected chi connectivity index (χ0v) is 15.5. The lowest BCUT2D eigenvalue weighted by Gasteiger charge is -2.14. The van der Waals surface area contributed by atoms with Crippen molar-refractivity contribution in [3.05, 3.63) is 76.7 Å². The first kappa shape index (κ1) is 19.4. The van der Waals surface area contributed by atoms with Crippen molar-refractivity contribution in [2.75, 3.05) is 0 Å². The third-order valence-corrected chi connectivity index (χ3v) is 4.40. The number of aromatic nitrogens is 1. The molecule has 5 nitrogen and oxygen atoms in total. The number of carbonyl (C=O) groups excluding carboxylic acids is 2. The van der Waals surface area contributed by atoms with E-state index < -0.39 is 23.6 Å². The molecule has 3 rings (SSSR count). The number of nitrogens with one attached hydrogen (secondary N) is 1. The molecule has 0 unspecified atom stereocenters. The van der Waals surface area contributed by atoms with E-state index in [1.165, 1.54) is 32.2 Å². The minimum absolute atomic E-state index is 0.0168. The smallest absolute Gasteiger partial charge is 0.273 e. The fraction of sp³-hybridized carbons (Fsp3) is 0.190. The Kier molecular flexibility index (Phi) is 5.35. The summed E-state index contributed by atoms with van der Waals surface area (Å²) in [5.74, 6) is -1.81. The van der Waals surface area contributed by atoms with Gasteiger partial charge in [0.2, 0.25) is 5.89 Å². The molecule has 1 heterocycles. The van der Waals surface area contributed by atoms with E-state index >= 15 is 0 Å². The number of oxazole rings is 1. The summed E-state index contributed by atoms with van der Waals surface area (Å²) in [6.07, 6.45) is 1.19. The Labute approximate surface area is 160 Å². The number of amides is 1. The van der Waals surface area contributed by atoms with Crippen molar-refractivity contribution in [3.8, 4) is 11.5 Å². The van der Waals surface area contributed by atoms with Crippen LogP contribution in [-0.2, 0) is 0 Å². The Morgan fingerprint density at radius 2 is 1.82 bits per heavy atom. The minimum Gasteiger partial charge on any atom is -0.444 e. The average molecular weight is 384 g/mol. The number of hydrogen-bond donors (Lipinski definition) is 1. The molecule has 0 radical (unpaired) electrons. The summed E-state index contributed by atoms with van der Waals surface area (Å²) in [4.78, 5) is 28.0. The number of rotatable bonds is 5. The lowest BCUT2D eigenvalue weighted by atomic mass is 10.1. The molecule has 3 aromatic rings. The monoisotopic (exact) mass is 384 g/mol. The largest absolute Gasteiger partial charge is 0.444 e. The lowest BCUT2D eigenvalue weighted by molar-refractivity contribution is 0.0933. The zero-order chi connectivity index (χ0) is 20.4. The molecule has 0 fully saturated rings. The van der Waals surface area contributed by atoms with Gasteiger partial charge in [0.25, 0.3) is 5.91 Å². The van der Waals surface area contributed by atoms with E-state index in [1.807, 2.05) is 0 Å². The highest BCUT2D eigenvalue weighted by atomic mass is 19.1. The highest BCUT2D eigenvalue weighted by Crippen LogP contribution is 2.22. The number of hydrogen-bond acceptors (Lipinski definition) is 4. The van der Waals surface area contributed by atoms with Crippen LogP contribution >= 0.6 is 0 Å². The van der Waals surface area contributed by atoms with Gasteiger partial charge in [-0.2, -0.15) is 0 Å². The standard InChI is InChI=1S/C21H18F2N2O3/c1-11-17(22)8-16(9-18(11)23)12(2)24-20(27)19-10-28-21(25-19)15-6-4-5-14(7-15)13(3)26/h4-10,12H,1-3H3,(H,24,27)/t12-/m1/s1. The molecule has 0 aliphatic heterocycles. The van der Waals surface area contributed by atoms with Gasteiger partial charge in [-0.3, -0.25) is 9.59 Å². The second-order valence-corrected chi connectivity index (χ2v) is 6.48. The molecule has 1 amide bonds. The summed E-state index contributed by atoms with van der Waals surface area (Å²) >= 11 is 0. The first-order valence-electron chi connectivity index (χ1n) is 8.59. The fourth-order valence-corrected chi connectivity index (χ4v) is 2.65. The van der Waals surface area contributed by atoms with Crippen LogP contribution in [0.5, 0.6) is 0 Å². The fourth-order valence-electron chi connectivity index (χ4n) is 2.65. The number of carbonyl (C=O) groups is 2. The third-order valence-electron chi connectivity index (χ3n) is 4.40. The molecule has 1 N–H and O–H groups in total. The maximum atomic E-state index is 13.7. The predicted octanol–water partition coefficient (Wildman–Crippen LogP) is 4.62. The van der Waals surface area contributed by atoms with Gasteiger partial charge in [-0.15, -0.1) is 0 Å². The molecule has 0 saturated heterocycles. The van der Waals surface area contributed by atoms with Crippen molar-refractivity contribution < 1.29 is 22.8 Å². The van der Waals surface area contributed by atoms with E-state index in [0.717, 1.165) is 0 Å². The normalized spacial score (nSPS) is 11.9. The van der Waals surface area contributed by atoms with Crippen molar-refractivity contribution in [3.63, 3.8) is 0 Å². The molecule has 0 aliphatic carbocycles. The Morgan fingerprint density at radius 1 is 1.14 bits per heavy atom. The summed E-state index contributed by atoms with van der Waals surface area (Å²) in [6.45, 7) is 4.40. The Balaban J connectivity index is 1.77. The third kappa shape index (κ3) is 3.98. The van der Waals surface area contributed by atoms with Gasteiger partial charge in [-0.1, -0.05) is 12.1 Å². The summed E-state index contributed by atoms with van der Waals surface area (Å²) < 4.78 is 32.8. The van der Waals surface area contributed by atoms with E-state index in [2.05, 4.69) is 10.3 Å². The first-order chi connectivity index (χ1) is 13.3. The topological polar surface area (TPSA) is 72.2 Å². The van der Waals surface area contributed by atoms with Crippen molar-refractivity contribution >= 4 is 11.7 Å². The quantitative estimate of drug-likeness (QED) is 0.652. The van der Waals surface area contributed by atoms with Crippen LogP contribution in [0.1, 0.15) is 51.9 Å². The molecule has 144 valence electrons. The first-order valence-corrected chi connectivity index (χ1v) is 8.59. The predicted molar refractivity (Wildman–Crippen MR) is 98.9 cm³/mol. The molecular formula is C21H18F2N2O3. The molecule has 1 aromatic heterocycles. The van der Waals surface area contributed by atoms with Crippen molar-refractivity contribution in [2.45, 2.75) is 26.8 Å². The van der Waals surface area contributed by atoms with Gasteiger partial charge in [-0.25, -0.2) is 13.8 Å². The summed E-state index contributed by atoms with van der Waals surface area (Å²) in [7, 11) is 0. The zero-order valence-electron chi connectivity index (χ0n) is 15.5. The summed E-state index contributed by atoms with van der Waals surface area (Å²) in [5, 5.41) is 2.63. The van der Waals surface area contributed by atoms with E-state index in [4.69, 9.17) is 4.42 Å². The van der Waals surface area contributed by atoms with Crippen LogP contribution in [0.25, 0.3) is 11.5 Å². The Morgan fingerprint density at radius 3 is 2.46 bits per heavy atom. The summed E-state index contributed by atoms with van der Waals surface area (Å²) in [5.41, 5.74) is 1.30. The van der Waals surface area contributed by atoms with Crippen LogP contribution in [0.3, 0.4) is 0 Å². The maximum absolute atomic E-state index is 13.7. The highest BCUT2D eigenvalue weighted by Gasteiger charge is 2.18. The molecule has 0 spiro atoms. The highest BCUT2D eigenvalue weighted by molar-refractivity contribution is 5.95. The van der Waals surface area contributed by atoms with Crippen LogP contribution in [0.2, 0.25) is 0 Å². The number of nitrogens with zero attached hydrogens (tertiary/aromatic N) is 1. The molecule has 7 heteroatoms. The van der Waals surface area contributed by atoms with Gasteiger partial charge in [0.15, 0.2) is 11.5 Å². The SMILES string of the molecule is CC(=O)c1cccc(-c2nc(C(=O)N[C@H](C)c3cc(F)c(C)c(F)c3)co2)c1. The summed E-state index contributed by atoms with van der Waals surface area (Å²) in [6, 6.07) is 8.42. The number of benzene rings is 2. The van der Waals surface area contributed by atoms with E-state index in [9.17, 15) is 18.4 Å². The molecule has 1 atom stereocenters. The van der Waals surface area contributed by atoms with Crippen LogP contribution in [0.15, 0.2) is 47.1 Å². The van der Waals surface area contributed by atoms with Crippen LogP contribution in [-0.4, -0.2) is 16.7 Å². The van der Waals surface area contributed by atoms with Crippen LogP contribution in [0.4, 0.5) is 8.78 Å². The van der Waals surface area contributed by atoms with Gasteiger partial charge in [0.05, 0.1) is 6.04 Å². The van der Waals surface area contributed by atoms with Gasteiger partial charge in [0, 0.05) is 16.7 Å². The van der Waals surface area contributed by atoms with Gasteiger partial charge < -0.3 is 9.73 Å². The van der Waals surface area contributed by atoms with Gasteiger partial charge in [0.1, 0.15) is 17.9 Å². The minimum atomic E-state index is -0.676. The Hall–Kier alpha value is -3.35. The molecule has 0 bridgehead atoms. The van der Waals surface area contributed by atoms with Crippen LogP contribution in [0, 0.1) is 18.6 Å². The number of halogens is 2. The van der Waals surface area contributed by atoms with Crippen molar-refractivity contribution in [1.29, 1.82) is 0 Å². The van der Waals surface area contributed by atoms with Gasteiger partial charge >= 0.3 is 0 Å². The van der Waals surface area contributed by atoms with Crippen LogP contribution < -0.4 is 5.32 Å². The van der Waals surface area contributed by atoms with E-state index in [1.54, 1.807) is 31.2 Å². The number of ketones is 1. The van der Waals surface area contributed by atoms with Crippen molar-refractivity contribution in [1.82, 2.24) is 10.3 Å². The molecular weight excluding hydrogens is 366 g/mol. The lowest BCUT2D eigenvalue weighted by Crippen LogP contribution is -2.27. The maximum Gasteiger partial charge on any atom is 0.273 e. The van der Waals surface area contributed by atoms with Crippen molar-refractivity contribution in [2.24, 2.45) is 0 Å². The Bertz CT molecular complexity index is 1040. The molecule has 28 heavy (non-hydrogen) atoms. The molecule has 0 aliphatic rings. The van der Waals surface area contributed by atoms with Gasteiger partial charge in [-0.05, 0) is 50.6 Å². The number of Topliss-reactive ketones (excluding diaryl/α,β-unsaturated/α-hetero) is 1. The molecule has 2 aromatic carbocycles. The molecule has 0 saturated carbocycles. The average Bonchev–Trinajstić information content (AvgIpc) is 3.16.